The largest absolute Gasteiger partial charge is 0.459 e. The van der Waals surface area contributed by atoms with Crippen LogP contribution in [0.4, 0.5) is 5.69 Å². The fraction of sp³-hybridized carbons (Fsp3) is 0.389. The number of rotatable bonds is 6. The molecule has 3 rings (SSSR count). The molecule has 0 aliphatic carbocycles. The molecule has 2 heterocycles. The topological polar surface area (TPSA) is 54.7 Å². The first-order valence-electron chi connectivity index (χ1n) is 8.06. The molecule has 1 aliphatic rings. The third-order valence-electron chi connectivity index (χ3n) is 3.99. The average molecular weight is 314 g/mol. The van der Waals surface area contributed by atoms with E-state index in [2.05, 4.69) is 34.5 Å². The fourth-order valence-corrected chi connectivity index (χ4v) is 2.68. The number of carbonyl (C=O) groups is 1. The van der Waals surface area contributed by atoms with Gasteiger partial charge in [0.1, 0.15) is 0 Å². The van der Waals surface area contributed by atoms with E-state index in [9.17, 15) is 4.79 Å². The van der Waals surface area contributed by atoms with E-state index in [4.69, 9.17) is 9.15 Å². The van der Waals surface area contributed by atoms with Gasteiger partial charge >= 0.3 is 0 Å². The lowest BCUT2D eigenvalue weighted by atomic mass is 10.1. The standard InChI is InChI=1S/C18H22N2O3/c21-18(17-4-2-12-23-17)19-9-1-3-15-5-7-16(8-6-15)20-10-13-22-14-11-20/h2,4-8,12H,1,3,9-11,13-14H2,(H,19,21). The first-order valence-corrected chi connectivity index (χ1v) is 8.06. The second kappa shape index (κ2) is 7.83. The summed E-state index contributed by atoms with van der Waals surface area (Å²) < 4.78 is 10.4. The third-order valence-corrected chi connectivity index (χ3v) is 3.99. The SMILES string of the molecule is O=C(NCCCc1ccc(N2CCOCC2)cc1)c1ccco1. The summed E-state index contributed by atoms with van der Waals surface area (Å²) in [6.45, 7) is 4.16. The number of aryl methyl sites for hydroxylation is 1. The van der Waals surface area contributed by atoms with Crippen LogP contribution in [0, 0.1) is 0 Å². The Morgan fingerprint density at radius 3 is 2.61 bits per heavy atom. The predicted octanol–water partition coefficient (Wildman–Crippen LogP) is 2.48. The highest BCUT2D eigenvalue weighted by Gasteiger charge is 2.11. The Morgan fingerprint density at radius 1 is 1.13 bits per heavy atom. The summed E-state index contributed by atoms with van der Waals surface area (Å²) in [6.07, 6.45) is 3.36. The number of benzene rings is 1. The van der Waals surface area contributed by atoms with Crippen molar-refractivity contribution in [3.05, 3.63) is 54.0 Å². The Hall–Kier alpha value is -2.27. The van der Waals surface area contributed by atoms with E-state index < -0.39 is 0 Å². The molecule has 1 fully saturated rings. The van der Waals surface area contributed by atoms with Gasteiger partial charge in [-0.2, -0.15) is 0 Å². The maximum absolute atomic E-state index is 11.7. The minimum Gasteiger partial charge on any atom is -0.459 e. The van der Waals surface area contributed by atoms with E-state index in [1.807, 2.05) is 0 Å². The molecule has 0 unspecified atom stereocenters. The Morgan fingerprint density at radius 2 is 1.91 bits per heavy atom. The highest BCUT2D eigenvalue weighted by atomic mass is 16.5. The van der Waals surface area contributed by atoms with Crippen molar-refractivity contribution in [2.45, 2.75) is 12.8 Å². The molecule has 122 valence electrons. The van der Waals surface area contributed by atoms with Gasteiger partial charge in [-0.25, -0.2) is 0 Å². The zero-order chi connectivity index (χ0) is 15.9. The molecule has 0 atom stereocenters. The monoisotopic (exact) mass is 314 g/mol. The number of ether oxygens (including phenoxy) is 1. The highest BCUT2D eigenvalue weighted by Crippen LogP contribution is 2.17. The number of nitrogens with one attached hydrogen (secondary N) is 1. The highest BCUT2D eigenvalue weighted by molar-refractivity contribution is 5.91. The normalized spacial score (nSPS) is 14.7. The van der Waals surface area contributed by atoms with Gasteiger partial charge in [-0.3, -0.25) is 4.79 Å². The number of anilines is 1. The second-order valence-electron chi connectivity index (χ2n) is 5.60. The molecule has 0 saturated carbocycles. The van der Waals surface area contributed by atoms with Crippen molar-refractivity contribution >= 4 is 11.6 Å². The second-order valence-corrected chi connectivity index (χ2v) is 5.60. The molecule has 23 heavy (non-hydrogen) atoms. The zero-order valence-corrected chi connectivity index (χ0v) is 13.2. The van der Waals surface area contributed by atoms with Gasteiger partial charge in [-0.15, -0.1) is 0 Å². The van der Waals surface area contributed by atoms with E-state index in [1.165, 1.54) is 17.5 Å². The van der Waals surface area contributed by atoms with Crippen molar-refractivity contribution in [3.63, 3.8) is 0 Å². The summed E-state index contributed by atoms with van der Waals surface area (Å²) in [4.78, 5) is 14.1. The van der Waals surface area contributed by atoms with Crippen LogP contribution in [0.2, 0.25) is 0 Å². The molecular weight excluding hydrogens is 292 g/mol. The first kappa shape index (κ1) is 15.6. The maximum atomic E-state index is 11.7. The average Bonchev–Trinajstić information content (AvgIpc) is 3.15. The van der Waals surface area contributed by atoms with Gasteiger partial charge in [0.2, 0.25) is 0 Å². The molecule has 1 aromatic heterocycles. The van der Waals surface area contributed by atoms with E-state index in [0.29, 0.717) is 12.3 Å². The maximum Gasteiger partial charge on any atom is 0.286 e. The lowest BCUT2D eigenvalue weighted by Gasteiger charge is -2.28. The number of carbonyl (C=O) groups excluding carboxylic acids is 1. The number of hydrogen-bond donors (Lipinski definition) is 1. The molecule has 5 heteroatoms. The molecular formula is C18H22N2O3. The van der Waals surface area contributed by atoms with Crippen LogP contribution in [0.1, 0.15) is 22.5 Å². The van der Waals surface area contributed by atoms with Gasteiger partial charge in [-0.05, 0) is 42.7 Å². The van der Waals surface area contributed by atoms with Crippen LogP contribution >= 0.6 is 0 Å². The van der Waals surface area contributed by atoms with Gasteiger partial charge < -0.3 is 19.4 Å². The first-order chi connectivity index (χ1) is 11.3. The summed E-state index contributed by atoms with van der Waals surface area (Å²) in [6, 6.07) is 12.0. The molecule has 0 bridgehead atoms. The molecule has 1 N–H and O–H groups in total. The Kier molecular flexibility index (Phi) is 5.32. The Bertz CT molecular complexity index is 602. The lowest BCUT2D eigenvalue weighted by Crippen LogP contribution is -2.36. The van der Waals surface area contributed by atoms with Crippen LogP contribution in [0.3, 0.4) is 0 Å². The summed E-state index contributed by atoms with van der Waals surface area (Å²) in [5.41, 5.74) is 2.54. The molecule has 1 saturated heterocycles. The summed E-state index contributed by atoms with van der Waals surface area (Å²) in [7, 11) is 0. The summed E-state index contributed by atoms with van der Waals surface area (Å²) in [5.74, 6) is 0.206. The zero-order valence-electron chi connectivity index (χ0n) is 13.2. The van der Waals surface area contributed by atoms with Crippen LogP contribution in [0.5, 0.6) is 0 Å². The Balaban J connectivity index is 1.41. The van der Waals surface area contributed by atoms with Crippen LogP contribution in [0.25, 0.3) is 0 Å². The van der Waals surface area contributed by atoms with E-state index in [-0.39, 0.29) is 5.91 Å². The van der Waals surface area contributed by atoms with E-state index in [1.54, 1.807) is 12.1 Å². The number of morpholine rings is 1. The molecule has 0 spiro atoms. The van der Waals surface area contributed by atoms with Crippen molar-refractivity contribution in [2.75, 3.05) is 37.7 Å². The van der Waals surface area contributed by atoms with Crippen molar-refractivity contribution in [3.8, 4) is 0 Å². The molecule has 1 amide bonds. The number of hydrogen-bond acceptors (Lipinski definition) is 4. The van der Waals surface area contributed by atoms with Gasteiger partial charge in [0.25, 0.3) is 5.91 Å². The van der Waals surface area contributed by atoms with Crippen molar-refractivity contribution in [1.29, 1.82) is 0 Å². The minimum atomic E-state index is -0.155. The van der Waals surface area contributed by atoms with Gasteiger partial charge in [0.05, 0.1) is 19.5 Å². The molecule has 0 radical (unpaired) electrons. The van der Waals surface area contributed by atoms with Gasteiger partial charge in [0.15, 0.2) is 5.76 Å². The number of nitrogens with zero attached hydrogens (tertiary/aromatic N) is 1. The van der Waals surface area contributed by atoms with E-state index >= 15 is 0 Å². The molecule has 1 aliphatic heterocycles. The van der Waals surface area contributed by atoms with Crippen LogP contribution in [-0.2, 0) is 11.2 Å². The molecule has 1 aromatic carbocycles. The van der Waals surface area contributed by atoms with E-state index in [0.717, 1.165) is 39.1 Å². The summed E-state index contributed by atoms with van der Waals surface area (Å²) >= 11 is 0. The third kappa shape index (κ3) is 4.36. The van der Waals surface area contributed by atoms with Crippen molar-refractivity contribution in [1.82, 2.24) is 5.32 Å². The minimum absolute atomic E-state index is 0.155. The molecule has 5 nitrogen and oxygen atoms in total. The lowest BCUT2D eigenvalue weighted by molar-refractivity contribution is 0.0925. The summed E-state index contributed by atoms with van der Waals surface area (Å²) in [5, 5.41) is 2.86. The quantitative estimate of drug-likeness (QED) is 0.832. The smallest absolute Gasteiger partial charge is 0.286 e. The van der Waals surface area contributed by atoms with Crippen molar-refractivity contribution in [2.24, 2.45) is 0 Å². The predicted molar refractivity (Wildman–Crippen MR) is 88.8 cm³/mol. The van der Waals surface area contributed by atoms with Gasteiger partial charge in [-0.1, -0.05) is 12.1 Å². The van der Waals surface area contributed by atoms with Crippen LogP contribution in [0.15, 0.2) is 47.1 Å². The van der Waals surface area contributed by atoms with Crippen LogP contribution < -0.4 is 10.2 Å². The van der Waals surface area contributed by atoms with Crippen LogP contribution in [-0.4, -0.2) is 38.8 Å². The van der Waals surface area contributed by atoms with Crippen molar-refractivity contribution < 1.29 is 13.9 Å². The van der Waals surface area contributed by atoms with Gasteiger partial charge in [0, 0.05) is 25.3 Å². The molecule has 2 aromatic rings. The number of furan rings is 1. The Labute approximate surface area is 136 Å². The fourth-order valence-electron chi connectivity index (χ4n) is 2.68. The number of amides is 1.